The molecule has 0 atom stereocenters. The van der Waals surface area contributed by atoms with Crippen LogP contribution in [0.4, 0.5) is 0 Å². The lowest BCUT2D eigenvalue weighted by molar-refractivity contribution is 0.239. The van der Waals surface area contributed by atoms with Gasteiger partial charge in [-0.15, -0.1) is 0 Å². The van der Waals surface area contributed by atoms with Crippen molar-refractivity contribution in [3.8, 4) is 11.6 Å². The third kappa shape index (κ3) is 4.32. The van der Waals surface area contributed by atoms with Crippen molar-refractivity contribution in [2.45, 2.75) is 39.3 Å². The molecule has 0 spiro atoms. The number of aromatic nitrogens is 3. The molecule has 3 heterocycles. The second kappa shape index (κ2) is 8.25. The second-order valence-corrected chi connectivity index (χ2v) is 7.78. The third-order valence-electron chi connectivity index (χ3n) is 4.82. The standard InChI is InChI=1S/C22H23ClN4O/c1-15(2)21-25-12-17-14-27(11-9-20(17)26-21)13-16-4-3-10-24-22(16)28-19-7-5-18(23)6-8-19/h3-8,10,12,15H,9,11,13-14H2,1-2H3. The molecule has 1 aliphatic heterocycles. The Balaban J connectivity index is 1.48. The van der Waals surface area contributed by atoms with Crippen molar-refractivity contribution in [1.29, 1.82) is 0 Å². The normalized spacial score (nSPS) is 14.1. The lowest BCUT2D eigenvalue weighted by atomic mass is 10.1. The molecule has 6 heteroatoms. The van der Waals surface area contributed by atoms with Crippen LogP contribution < -0.4 is 4.74 Å². The van der Waals surface area contributed by atoms with E-state index in [-0.39, 0.29) is 0 Å². The highest BCUT2D eigenvalue weighted by molar-refractivity contribution is 6.30. The molecule has 0 radical (unpaired) electrons. The lowest BCUT2D eigenvalue weighted by Gasteiger charge is -2.28. The average molecular weight is 395 g/mol. The Hall–Kier alpha value is -2.50. The number of ether oxygens (including phenoxy) is 1. The summed E-state index contributed by atoms with van der Waals surface area (Å²) in [5.74, 6) is 2.63. The summed E-state index contributed by atoms with van der Waals surface area (Å²) in [5, 5.41) is 0.684. The lowest BCUT2D eigenvalue weighted by Crippen LogP contribution is -2.31. The van der Waals surface area contributed by atoms with E-state index in [4.69, 9.17) is 21.3 Å². The Labute approximate surface area is 170 Å². The Morgan fingerprint density at radius 2 is 1.96 bits per heavy atom. The van der Waals surface area contributed by atoms with Crippen LogP contribution in [0, 0.1) is 0 Å². The summed E-state index contributed by atoms with van der Waals surface area (Å²) in [5.41, 5.74) is 3.44. The largest absolute Gasteiger partial charge is 0.439 e. The highest BCUT2D eigenvalue weighted by atomic mass is 35.5. The maximum atomic E-state index is 6.00. The maximum Gasteiger partial charge on any atom is 0.223 e. The molecule has 2 aromatic heterocycles. The molecule has 0 aliphatic carbocycles. The fourth-order valence-electron chi connectivity index (χ4n) is 3.29. The van der Waals surface area contributed by atoms with Gasteiger partial charge in [0.1, 0.15) is 11.6 Å². The van der Waals surface area contributed by atoms with Gasteiger partial charge in [-0.05, 0) is 30.3 Å². The van der Waals surface area contributed by atoms with Gasteiger partial charge in [-0.25, -0.2) is 15.0 Å². The van der Waals surface area contributed by atoms with E-state index in [1.165, 1.54) is 11.3 Å². The van der Waals surface area contributed by atoms with E-state index >= 15 is 0 Å². The number of rotatable bonds is 5. The van der Waals surface area contributed by atoms with Crippen LogP contribution >= 0.6 is 11.6 Å². The Morgan fingerprint density at radius 1 is 1.14 bits per heavy atom. The molecule has 0 unspecified atom stereocenters. The number of halogens is 1. The molecule has 0 saturated heterocycles. The minimum atomic E-state index is 0.353. The molecule has 4 rings (SSSR count). The first-order valence-electron chi connectivity index (χ1n) is 9.53. The van der Waals surface area contributed by atoms with Gasteiger partial charge in [-0.2, -0.15) is 0 Å². The highest BCUT2D eigenvalue weighted by Crippen LogP contribution is 2.27. The number of benzene rings is 1. The monoisotopic (exact) mass is 394 g/mol. The summed E-state index contributed by atoms with van der Waals surface area (Å²) in [4.78, 5) is 16.1. The average Bonchev–Trinajstić information content (AvgIpc) is 2.70. The molecule has 1 aliphatic rings. The van der Waals surface area contributed by atoms with Gasteiger partial charge in [0.05, 0.1) is 0 Å². The van der Waals surface area contributed by atoms with E-state index in [1.807, 2.05) is 36.5 Å². The fraction of sp³-hybridized carbons (Fsp3) is 0.318. The van der Waals surface area contributed by atoms with Gasteiger partial charge >= 0.3 is 0 Å². The maximum absolute atomic E-state index is 6.00. The van der Waals surface area contributed by atoms with Crippen LogP contribution in [-0.4, -0.2) is 26.4 Å². The van der Waals surface area contributed by atoms with Crippen molar-refractivity contribution in [2.75, 3.05) is 6.54 Å². The fourth-order valence-corrected chi connectivity index (χ4v) is 3.42. The van der Waals surface area contributed by atoms with E-state index in [2.05, 4.69) is 34.8 Å². The van der Waals surface area contributed by atoms with E-state index in [0.29, 0.717) is 16.8 Å². The minimum absolute atomic E-state index is 0.353. The predicted octanol–water partition coefficient (Wildman–Crippen LogP) is 5.00. The molecule has 0 bridgehead atoms. The first kappa shape index (κ1) is 18.8. The van der Waals surface area contributed by atoms with E-state index < -0.39 is 0 Å². The number of pyridine rings is 1. The van der Waals surface area contributed by atoms with Crippen molar-refractivity contribution < 1.29 is 4.74 Å². The zero-order valence-electron chi connectivity index (χ0n) is 16.1. The van der Waals surface area contributed by atoms with E-state index in [0.717, 1.165) is 43.2 Å². The van der Waals surface area contributed by atoms with Crippen molar-refractivity contribution in [1.82, 2.24) is 19.9 Å². The Morgan fingerprint density at radius 3 is 2.75 bits per heavy atom. The molecular formula is C22H23ClN4O. The first-order chi connectivity index (χ1) is 13.6. The van der Waals surface area contributed by atoms with Gasteiger partial charge in [-0.1, -0.05) is 31.5 Å². The number of fused-ring (bicyclic) bond motifs is 1. The minimum Gasteiger partial charge on any atom is -0.439 e. The van der Waals surface area contributed by atoms with E-state index in [1.54, 1.807) is 6.20 Å². The van der Waals surface area contributed by atoms with Crippen LogP contribution in [0.5, 0.6) is 11.6 Å². The van der Waals surface area contributed by atoms with Crippen LogP contribution in [0.1, 0.15) is 42.4 Å². The van der Waals surface area contributed by atoms with Gasteiger partial charge < -0.3 is 4.74 Å². The predicted molar refractivity (Wildman–Crippen MR) is 110 cm³/mol. The first-order valence-corrected chi connectivity index (χ1v) is 9.90. The van der Waals surface area contributed by atoms with E-state index in [9.17, 15) is 0 Å². The molecule has 0 amide bonds. The van der Waals surface area contributed by atoms with Gasteiger partial charge in [0.15, 0.2) is 0 Å². The van der Waals surface area contributed by atoms with Crippen LogP contribution in [0.15, 0.2) is 48.8 Å². The smallest absolute Gasteiger partial charge is 0.223 e. The quantitative estimate of drug-likeness (QED) is 0.609. The zero-order valence-corrected chi connectivity index (χ0v) is 16.9. The highest BCUT2D eigenvalue weighted by Gasteiger charge is 2.20. The number of nitrogens with zero attached hydrogens (tertiary/aromatic N) is 4. The topological polar surface area (TPSA) is 51.1 Å². The van der Waals surface area contributed by atoms with Gasteiger partial charge in [0, 0.05) is 66.2 Å². The summed E-state index contributed by atoms with van der Waals surface area (Å²) in [6.07, 6.45) is 4.67. The molecule has 0 fully saturated rings. The molecule has 3 aromatic rings. The van der Waals surface area contributed by atoms with Gasteiger partial charge in [0.25, 0.3) is 0 Å². The van der Waals surface area contributed by atoms with Crippen LogP contribution in [0.2, 0.25) is 5.02 Å². The molecule has 28 heavy (non-hydrogen) atoms. The summed E-state index contributed by atoms with van der Waals surface area (Å²) in [6.45, 7) is 6.81. The van der Waals surface area contributed by atoms with Crippen molar-refractivity contribution in [3.63, 3.8) is 0 Å². The summed E-state index contributed by atoms with van der Waals surface area (Å²) < 4.78 is 6.00. The molecule has 0 N–H and O–H groups in total. The number of hydrogen-bond acceptors (Lipinski definition) is 5. The Bertz CT molecular complexity index is 959. The van der Waals surface area contributed by atoms with Crippen LogP contribution in [-0.2, 0) is 19.5 Å². The molecule has 144 valence electrons. The summed E-state index contributed by atoms with van der Waals surface area (Å²) >= 11 is 5.95. The molecule has 0 saturated carbocycles. The van der Waals surface area contributed by atoms with Crippen LogP contribution in [0.3, 0.4) is 0 Å². The molecule has 5 nitrogen and oxygen atoms in total. The van der Waals surface area contributed by atoms with Crippen LogP contribution in [0.25, 0.3) is 0 Å². The van der Waals surface area contributed by atoms with Gasteiger partial charge in [0.2, 0.25) is 5.88 Å². The molecule has 1 aromatic carbocycles. The van der Waals surface area contributed by atoms with Crippen molar-refractivity contribution in [3.05, 3.63) is 76.5 Å². The van der Waals surface area contributed by atoms with Crippen molar-refractivity contribution >= 4 is 11.6 Å². The third-order valence-corrected chi connectivity index (χ3v) is 5.07. The number of hydrogen-bond donors (Lipinski definition) is 0. The van der Waals surface area contributed by atoms with Crippen molar-refractivity contribution in [2.24, 2.45) is 0 Å². The summed E-state index contributed by atoms with van der Waals surface area (Å²) in [7, 11) is 0. The summed E-state index contributed by atoms with van der Waals surface area (Å²) in [6, 6.07) is 11.3. The van der Waals surface area contributed by atoms with Gasteiger partial charge in [-0.3, -0.25) is 4.90 Å². The zero-order chi connectivity index (χ0) is 19.5. The second-order valence-electron chi connectivity index (χ2n) is 7.34. The Kier molecular flexibility index (Phi) is 5.55. The molecular weight excluding hydrogens is 372 g/mol. The SMILES string of the molecule is CC(C)c1ncc2c(n1)CCN(Cc1cccnc1Oc1ccc(Cl)cc1)C2.